The Hall–Kier alpha value is -1.81. The second-order valence-corrected chi connectivity index (χ2v) is 2.71. The van der Waals surface area contributed by atoms with Gasteiger partial charge in [-0.3, -0.25) is 5.41 Å². The van der Waals surface area contributed by atoms with Gasteiger partial charge in [0.15, 0.2) is 0 Å². The summed E-state index contributed by atoms with van der Waals surface area (Å²) in [5.74, 6) is -0.987. The molecular formula is C10H11ClN2O2. The Kier molecular flexibility index (Phi) is 5.12. The first-order valence-electron chi connectivity index (χ1n) is 3.95. The minimum absolute atomic E-state index is 0. The van der Waals surface area contributed by atoms with Crippen LogP contribution in [0.3, 0.4) is 0 Å². The van der Waals surface area contributed by atoms with E-state index < -0.39 is 5.97 Å². The van der Waals surface area contributed by atoms with Crippen LogP contribution in [0, 0.1) is 5.41 Å². The Balaban J connectivity index is 0.00000196. The third kappa shape index (κ3) is 4.28. The number of amidine groups is 1. The van der Waals surface area contributed by atoms with Crippen LogP contribution in [0.2, 0.25) is 0 Å². The number of benzene rings is 1. The zero-order chi connectivity index (χ0) is 10.6. The van der Waals surface area contributed by atoms with Crippen molar-refractivity contribution in [3.63, 3.8) is 0 Å². The smallest absolute Gasteiger partial charge is 0.328 e. The van der Waals surface area contributed by atoms with Crippen molar-refractivity contribution in [2.24, 2.45) is 5.73 Å². The second-order valence-electron chi connectivity index (χ2n) is 2.71. The molecule has 0 bridgehead atoms. The SMILES string of the molecule is Cl.N=C(N)c1ccc(C=CC(=O)O)cc1. The number of halogens is 1. The van der Waals surface area contributed by atoms with Gasteiger partial charge in [0.05, 0.1) is 0 Å². The van der Waals surface area contributed by atoms with Crippen LogP contribution in [0.25, 0.3) is 6.08 Å². The molecule has 0 fully saturated rings. The Labute approximate surface area is 93.3 Å². The molecule has 0 heterocycles. The minimum atomic E-state index is -0.986. The first-order valence-corrected chi connectivity index (χ1v) is 3.95. The van der Waals surface area contributed by atoms with Gasteiger partial charge in [-0.1, -0.05) is 24.3 Å². The molecule has 1 rings (SSSR count). The van der Waals surface area contributed by atoms with Crippen molar-refractivity contribution < 1.29 is 9.90 Å². The summed E-state index contributed by atoms with van der Waals surface area (Å²) in [4.78, 5) is 10.2. The van der Waals surface area contributed by atoms with Gasteiger partial charge in [-0.2, -0.15) is 0 Å². The van der Waals surface area contributed by atoms with Crippen molar-refractivity contribution in [2.75, 3.05) is 0 Å². The van der Waals surface area contributed by atoms with Gasteiger partial charge < -0.3 is 10.8 Å². The fraction of sp³-hybridized carbons (Fsp3) is 0. The summed E-state index contributed by atoms with van der Waals surface area (Å²) in [5.41, 5.74) is 6.64. The summed E-state index contributed by atoms with van der Waals surface area (Å²) >= 11 is 0. The van der Waals surface area contributed by atoms with Crippen LogP contribution >= 0.6 is 12.4 Å². The number of hydrogen-bond acceptors (Lipinski definition) is 2. The Bertz CT molecular complexity index is 385. The van der Waals surface area contributed by atoms with Crippen molar-refractivity contribution in [2.45, 2.75) is 0 Å². The number of nitrogens with two attached hydrogens (primary N) is 1. The highest BCUT2D eigenvalue weighted by atomic mass is 35.5. The molecule has 0 unspecified atom stereocenters. The lowest BCUT2D eigenvalue weighted by molar-refractivity contribution is -0.131. The largest absolute Gasteiger partial charge is 0.478 e. The van der Waals surface area contributed by atoms with Crippen LogP contribution < -0.4 is 5.73 Å². The summed E-state index contributed by atoms with van der Waals surface area (Å²) in [7, 11) is 0. The van der Waals surface area contributed by atoms with Gasteiger partial charge in [0.1, 0.15) is 5.84 Å². The van der Waals surface area contributed by atoms with E-state index in [0.717, 1.165) is 11.6 Å². The molecular weight excluding hydrogens is 216 g/mol. The standard InChI is InChI=1S/C10H10N2O2.ClH/c11-10(12)8-4-1-7(2-5-8)3-6-9(13)14;/h1-6H,(H3,11,12)(H,13,14);1H. The van der Waals surface area contributed by atoms with Crippen LogP contribution in [0.1, 0.15) is 11.1 Å². The maximum Gasteiger partial charge on any atom is 0.328 e. The average molecular weight is 227 g/mol. The number of carboxylic acids is 1. The van der Waals surface area contributed by atoms with Crippen LogP contribution in [-0.2, 0) is 4.79 Å². The molecule has 0 aliphatic rings. The maximum absolute atomic E-state index is 10.2. The summed E-state index contributed by atoms with van der Waals surface area (Å²) < 4.78 is 0. The first-order chi connectivity index (χ1) is 6.59. The number of rotatable bonds is 3. The third-order valence-corrected chi connectivity index (χ3v) is 1.64. The molecule has 1 aromatic rings. The minimum Gasteiger partial charge on any atom is -0.478 e. The highest BCUT2D eigenvalue weighted by Crippen LogP contribution is 2.05. The van der Waals surface area contributed by atoms with E-state index in [1.807, 2.05) is 0 Å². The second kappa shape index (κ2) is 5.82. The molecule has 0 spiro atoms. The molecule has 0 aromatic heterocycles. The summed E-state index contributed by atoms with van der Waals surface area (Å²) in [6, 6.07) is 6.75. The molecule has 4 N–H and O–H groups in total. The van der Waals surface area contributed by atoms with Gasteiger partial charge in [0, 0.05) is 11.6 Å². The van der Waals surface area contributed by atoms with Crippen molar-refractivity contribution in [1.29, 1.82) is 5.41 Å². The van der Waals surface area contributed by atoms with Gasteiger partial charge in [-0.05, 0) is 11.6 Å². The van der Waals surface area contributed by atoms with E-state index >= 15 is 0 Å². The van der Waals surface area contributed by atoms with Crippen LogP contribution in [-0.4, -0.2) is 16.9 Å². The van der Waals surface area contributed by atoms with Gasteiger partial charge in [0.2, 0.25) is 0 Å². The van der Waals surface area contributed by atoms with Crippen LogP contribution in [0.15, 0.2) is 30.3 Å². The van der Waals surface area contributed by atoms with Crippen molar-refractivity contribution >= 4 is 30.3 Å². The highest BCUT2D eigenvalue weighted by molar-refractivity contribution is 5.95. The van der Waals surface area contributed by atoms with Gasteiger partial charge in [-0.15, -0.1) is 12.4 Å². The Morgan fingerprint density at radius 3 is 2.27 bits per heavy atom. The fourth-order valence-electron chi connectivity index (χ4n) is 0.941. The third-order valence-electron chi connectivity index (χ3n) is 1.64. The summed E-state index contributed by atoms with van der Waals surface area (Å²) in [6.45, 7) is 0. The van der Waals surface area contributed by atoms with Crippen molar-refractivity contribution in [3.05, 3.63) is 41.5 Å². The molecule has 1 aromatic carbocycles. The van der Waals surface area contributed by atoms with Gasteiger partial charge in [-0.25, -0.2) is 4.79 Å². The molecule has 0 atom stereocenters. The summed E-state index contributed by atoms with van der Waals surface area (Å²) in [6.07, 6.45) is 2.54. The molecule has 0 amide bonds. The lowest BCUT2D eigenvalue weighted by Gasteiger charge is -1.97. The average Bonchev–Trinajstić information content (AvgIpc) is 2.15. The zero-order valence-corrected chi connectivity index (χ0v) is 8.62. The predicted molar refractivity (Wildman–Crippen MR) is 61.4 cm³/mol. The molecule has 4 nitrogen and oxygen atoms in total. The Morgan fingerprint density at radius 2 is 1.87 bits per heavy atom. The van der Waals surface area contributed by atoms with E-state index in [1.54, 1.807) is 24.3 Å². The molecule has 80 valence electrons. The summed E-state index contributed by atoms with van der Waals surface area (Å²) in [5, 5.41) is 15.5. The van der Waals surface area contributed by atoms with Crippen LogP contribution in [0.4, 0.5) is 0 Å². The lowest BCUT2D eigenvalue weighted by Crippen LogP contribution is -2.10. The van der Waals surface area contributed by atoms with Gasteiger partial charge >= 0.3 is 5.97 Å². The van der Waals surface area contributed by atoms with Crippen molar-refractivity contribution in [1.82, 2.24) is 0 Å². The van der Waals surface area contributed by atoms with Crippen molar-refractivity contribution in [3.8, 4) is 0 Å². The van der Waals surface area contributed by atoms with E-state index in [0.29, 0.717) is 5.56 Å². The van der Waals surface area contributed by atoms with E-state index in [1.165, 1.54) is 6.08 Å². The number of nitrogens with one attached hydrogen (secondary N) is 1. The topological polar surface area (TPSA) is 87.2 Å². The zero-order valence-electron chi connectivity index (χ0n) is 7.81. The number of carboxylic acid groups (broad SMARTS) is 1. The molecule has 0 aliphatic carbocycles. The van der Waals surface area contributed by atoms with Crippen LogP contribution in [0.5, 0.6) is 0 Å². The van der Waals surface area contributed by atoms with E-state index in [9.17, 15) is 4.79 Å². The first kappa shape index (κ1) is 13.2. The molecule has 5 heteroatoms. The molecule has 0 radical (unpaired) electrons. The molecule has 0 saturated heterocycles. The monoisotopic (exact) mass is 226 g/mol. The number of nitrogen functional groups attached to an aromatic ring is 1. The molecule has 0 aliphatic heterocycles. The molecule has 15 heavy (non-hydrogen) atoms. The normalized spacial score (nSPS) is 9.60. The number of aliphatic carboxylic acids is 1. The number of carbonyl (C=O) groups is 1. The molecule has 0 saturated carbocycles. The van der Waals surface area contributed by atoms with Gasteiger partial charge in [0.25, 0.3) is 0 Å². The predicted octanol–water partition coefficient (Wildman–Crippen LogP) is 1.49. The van der Waals surface area contributed by atoms with E-state index in [-0.39, 0.29) is 18.2 Å². The highest BCUT2D eigenvalue weighted by Gasteiger charge is 1.94. The maximum atomic E-state index is 10.2. The Morgan fingerprint density at radius 1 is 1.33 bits per heavy atom. The fourth-order valence-corrected chi connectivity index (χ4v) is 0.941. The van der Waals surface area contributed by atoms with E-state index in [4.69, 9.17) is 16.2 Å². The lowest BCUT2D eigenvalue weighted by atomic mass is 10.1. The quantitative estimate of drug-likeness (QED) is 0.415. The number of hydrogen-bond donors (Lipinski definition) is 3. The van der Waals surface area contributed by atoms with E-state index in [2.05, 4.69) is 0 Å².